The molecule has 0 spiro atoms. The van der Waals surface area contributed by atoms with Gasteiger partial charge in [0.2, 0.25) is 10.0 Å². The zero-order valence-corrected chi connectivity index (χ0v) is 22.7. The third kappa shape index (κ3) is 7.28. The van der Waals surface area contributed by atoms with Crippen LogP contribution in [0.4, 0.5) is 5.82 Å². The van der Waals surface area contributed by atoms with Crippen molar-refractivity contribution in [1.82, 2.24) is 14.5 Å². The Morgan fingerprint density at radius 1 is 1.08 bits per heavy atom. The first-order valence-electron chi connectivity index (χ1n) is 11.3. The molecule has 2 aromatic heterocycles. The highest BCUT2D eigenvalue weighted by atomic mass is 32.2. The number of aliphatic hydroxyl groups is 2. The summed E-state index contributed by atoms with van der Waals surface area (Å²) in [6.45, 7) is -0.274. The summed E-state index contributed by atoms with van der Waals surface area (Å²) in [6.07, 6.45) is -2.10. The molecule has 0 radical (unpaired) electrons. The number of fused-ring (bicyclic) bond motifs is 1. The van der Waals surface area contributed by atoms with E-state index < -0.39 is 62.3 Å². The maximum Gasteiger partial charge on any atom is 0.340 e. The molecule has 0 bridgehead atoms. The monoisotopic (exact) mass is 607 g/mol. The van der Waals surface area contributed by atoms with Gasteiger partial charge in [0, 0.05) is 12.7 Å². The van der Waals surface area contributed by atoms with Gasteiger partial charge in [-0.05, 0) is 30.2 Å². The molecule has 0 amide bonds. The summed E-state index contributed by atoms with van der Waals surface area (Å²) in [5.41, 5.74) is 1.20. The highest BCUT2D eigenvalue weighted by Gasteiger charge is 2.45. The number of hydrogen-bond donors (Lipinski definition) is 7. The van der Waals surface area contributed by atoms with E-state index in [0.717, 1.165) is 5.56 Å². The van der Waals surface area contributed by atoms with Crippen LogP contribution < -0.4 is 10.5 Å². The molecular weight excluding hydrogens is 580 g/mol. The first-order chi connectivity index (χ1) is 18.1. The number of hydrogen-bond acceptors (Lipinski definition) is 11. The molecule has 214 valence electrons. The fraction of sp³-hybridized carbons (Fsp3) is 0.400. The second kappa shape index (κ2) is 11.3. The van der Waals surface area contributed by atoms with Gasteiger partial charge in [0.1, 0.15) is 36.1 Å². The van der Waals surface area contributed by atoms with Crippen LogP contribution in [0.1, 0.15) is 11.8 Å². The summed E-state index contributed by atoms with van der Waals surface area (Å²) in [6, 6.07) is 7.81. The van der Waals surface area contributed by atoms with Crippen LogP contribution in [0, 0.1) is 0 Å². The lowest BCUT2D eigenvalue weighted by Crippen LogP contribution is -2.33. The van der Waals surface area contributed by atoms with Gasteiger partial charge in [0.05, 0.1) is 16.9 Å². The van der Waals surface area contributed by atoms with Crippen molar-refractivity contribution < 1.29 is 51.7 Å². The van der Waals surface area contributed by atoms with Crippen molar-refractivity contribution in [3.63, 3.8) is 0 Å². The Hall–Kier alpha value is -2.27. The fourth-order valence-electron chi connectivity index (χ4n) is 4.05. The maximum absolute atomic E-state index is 11.9. The Bertz CT molecular complexity index is 1530. The van der Waals surface area contributed by atoms with Gasteiger partial charge in [0.15, 0.2) is 12.1 Å². The molecule has 0 saturated carbocycles. The van der Waals surface area contributed by atoms with E-state index in [0.29, 0.717) is 29.8 Å². The van der Waals surface area contributed by atoms with Crippen molar-refractivity contribution >= 4 is 42.1 Å². The predicted molar refractivity (Wildman–Crippen MR) is 136 cm³/mol. The second-order valence-corrected chi connectivity index (χ2v) is 14.4. The van der Waals surface area contributed by atoms with Gasteiger partial charge in [-0.2, -0.15) is 0 Å². The van der Waals surface area contributed by atoms with Gasteiger partial charge in [-0.15, -0.1) is 0 Å². The first-order valence-corrected chi connectivity index (χ1v) is 16.4. The number of aliphatic hydroxyl groups excluding tert-OH is 2. The molecule has 1 aliphatic rings. The third-order valence-corrected chi connectivity index (χ3v) is 10.3. The molecule has 0 aliphatic carbocycles. The van der Waals surface area contributed by atoms with E-state index in [1.54, 1.807) is 24.4 Å². The Balaban J connectivity index is 1.42. The van der Waals surface area contributed by atoms with Gasteiger partial charge in [0.25, 0.3) is 0 Å². The quantitative estimate of drug-likeness (QED) is 0.138. The number of rotatable bonds is 11. The van der Waals surface area contributed by atoms with Crippen LogP contribution >= 0.6 is 15.2 Å². The van der Waals surface area contributed by atoms with Crippen LogP contribution in [-0.2, 0) is 34.8 Å². The minimum Gasteiger partial charge on any atom is -0.387 e. The number of nitrogens with one attached hydrogen (secondary N) is 1. The van der Waals surface area contributed by atoms with E-state index >= 15 is 0 Å². The van der Waals surface area contributed by atoms with Crippen molar-refractivity contribution in [2.45, 2.75) is 35.9 Å². The van der Waals surface area contributed by atoms with Crippen molar-refractivity contribution in [2.24, 2.45) is 5.14 Å². The largest absolute Gasteiger partial charge is 0.387 e. The van der Waals surface area contributed by atoms with Crippen LogP contribution in [0.2, 0.25) is 0 Å². The maximum atomic E-state index is 11.9. The number of ether oxygens (including phenoxy) is 1. The Labute approximate surface area is 222 Å². The van der Waals surface area contributed by atoms with Crippen LogP contribution in [0.25, 0.3) is 11.0 Å². The molecule has 3 heterocycles. The smallest absolute Gasteiger partial charge is 0.340 e. The standard InChI is InChI=1S/C20H27N5O11P2S/c21-39(33,34)13-3-1-12(2-4-13)5-7-22-18-14-6-8-25(19(14)24-10-23-18)20-17(27)16(26)15(36-20)9-35-38(31,32)11-37(28,29)30/h1-4,6,8,10,15-17,20,26-27H,5,7,9,11H2,(H,31,32)(H2,21,33,34)(H,22,23,24)(H2,28,29,30)/t15-,16?,17?,20-/m1/s1. The predicted octanol–water partition coefficient (Wildman–Crippen LogP) is -0.310. The zero-order chi connectivity index (χ0) is 28.6. The lowest BCUT2D eigenvalue weighted by molar-refractivity contribution is -0.0481. The number of aromatic nitrogens is 3. The van der Waals surface area contributed by atoms with Crippen LogP contribution in [0.3, 0.4) is 0 Å². The van der Waals surface area contributed by atoms with Gasteiger partial charge in [-0.1, -0.05) is 12.1 Å². The molecule has 1 saturated heterocycles. The average Bonchev–Trinajstić information content (AvgIpc) is 3.38. The number of anilines is 1. The number of primary sulfonamides is 1. The van der Waals surface area contributed by atoms with Crippen molar-refractivity contribution in [2.75, 3.05) is 24.4 Å². The second-order valence-electron chi connectivity index (χ2n) is 8.83. The van der Waals surface area contributed by atoms with E-state index in [2.05, 4.69) is 15.3 Å². The molecule has 1 aromatic carbocycles. The minimum atomic E-state index is -4.84. The summed E-state index contributed by atoms with van der Waals surface area (Å²) in [7, 11) is -13.3. The molecule has 5 atom stereocenters. The van der Waals surface area contributed by atoms with Crippen LogP contribution in [-0.4, -0.2) is 85.2 Å². The molecule has 8 N–H and O–H groups in total. The molecule has 1 fully saturated rings. The van der Waals surface area contributed by atoms with Crippen molar-refractivity contribution in [3.8, 4) is 0 Å². The van der Waals surface area contributed by atoms with E-state index in [1.807, 2.05) is 0 Å². The Morgan fingerprint density at radius 2 is 1.77 bits per heavy atom. The molecule has 4 rings (SSSR count). The lowest BCUT2D eigenvalue weighted by Gasteiger charge is -2.18. The molecule has 16 nitrogen and oxygen atoms in total. The Morgan fingerprint density at radius 3 is 2.41 bits per heavy atom. The molecule has 3 unspecified atom stereocenters. The average molecular weight is 607 g/mol. The normalized spacial score (nSPS) is 23.6. The van der Waals surface area contributed by atoms with E-state index in [4.69, 9.17) is 24.2 Å². The summed E-state index contributed by atoms with van der Waals surface area (Å²) in [4.78, 5) is 35.9. The number of nitrogens with two attached hydrogens (primary N) is 1. The third-order valence-electron chi connectivity index (χ3n) is 5.88. The molecule has 19 heteroatoms. The zero-order valence-electron chi connectivity index (χ0n) is 20.1. The highest BCUT2D eigenvalue weighted by Crippen LogP contribution is 2.55. The SMILES string of the molecule is NS(=O)(=O)c1ccc(CCNc2ncnc3c2ccn3[C@@H]2O[C@H](COP(=O)(O)CP(=O)(O)O)C(O)C2O)cc1. The summed E-state index contributed by atoms with van der Waals surface area (Å²) < 4.78 is 57.5. The molecule has 3 aromatic rings. The van der Waals surface area contributed by atoms with E-state index in [1.165, 1.54) is 23.0 Å². The number of benzene rings is 1. The summed E-state index contributed by atoms with van der Waals surface area (Å²) in [5, 5.41) is 29.8. The summed E-state index contributed by atoms with van der Waals surface area (Å²) >= 11 is 0. The number of nitrogens with zero attached hydrogens (tertiary/aromatic N) is 3. The molecule has 39 heavy (non-hydrogen) atoms. The van der Waals surface area contributed by atoms with E-state index in [-0.39, 0.29) is 4.90 Å². The minimum absolute atomic E-state index is 0.0137. The fourth-order valence-corrected chi connectivity index (χ4v) is 7.13. The Kier molecular flexibility index (Phi) is 8.61. The van der Waals surface area contributed by atoms with Crippen LogP contribution in [0.5, 0.6) is 0 Å². The molecular formula is C20H27N5O11P2S. The van der Waals surface area contributed by atoms with Gasteiger partial charge < -0.3 is 44.0 Å². The van der Waals surface area contributed by atoms with Gasteiger partial charge in [-0.25, -0.2) is 23.5 Å². The topological polar surface area (TPSA) is 257 Å². The highest BCUT2D eigenvalue weighted by molar-refractivity contribution is 7.89. The number of sulfonamides is 1. The summed E-state index contributed by atoms with van der Waals surface area (Å²) in [5.74, 6) is -0.934. The van der Waals surface area contributed by atoms with E-state index in [9.17, 15) is 32.7 Å². The van der Waals surface area contributed by atoms with Crippen LogP contribution in [0.15, 0.2) is 47.8 Å². The lowest BCUT2D eigenvalue weighted by atomic mass is 10.1. The van der Waals surface area contributed by atoms with Gasteiger partial charge in [-0.3, -0.25) is 9.13 Å². The molecule has 1 aliphatic heterocycles. The first kappa shape index (κ1) is 29.7. The van der Waals surface area contributed by atoms with Gasteiger partial charge >= 0.3 is 15.2 Å². The van der Waals surface area contributed by atoms with Crippen molar-refractivity contribution in [1.29, 1.82) is 0 Å². The van der Waals surface area contributed by atoms with Crippen molar-refractivity contribution in [3.05, 3.63) is 48.4 Å².